The Hall–Kier alpha value is -2.14. The summed E-state index contributed by atoms with van der Waals surface area (Å²) in [6.07, 6.45) is 3.76. The lowest BCUT2D eigenvalue weighted by atomic mass is 10.1. The van der Waals surface area contributed by atoms with Gasteiger partial charge in [0.2, 0.25) is 5.91 Å². The first-order valence-electron chi connectivity index (χ1n) is 5.81. The van der Waals surface area contributed by atoms with E-state index in [0.29, 0.717) is 19.5 Å². The van der Waals surface area contributed by atoms with Crippen LogP contribution in [-0.2, 0) is 24.3 Å². The van der Waals surface area contributed by atoms with E-state index in [2.05, 4.69) is 15.3 Å². The third-order valence-electron chi connectivity index (χ3n) is 2.63. The number of carbonyl (C=O) groups excluding carboxylic acids is 1. The van der Waals surface area contributed by atoms with Gasteiger partial charge in [-0.25, -0.2) is 4.98 Å². The molecule has 0 fully saturated rings. The number of aromatic nitrogens is 2. The number of carbonyl (C=O) groups is 1. The SMILES string of the molecule is NCc1ccc(CC(=O)NCc2ncc[nH]2)cc1. The van der Waals surface area contributed by atoms with Crippen molar-refractivity contribution in [3.05, 3.63) is 53.6 Å². The molecule has 0 radical (unpaired) electrons. The molecule has 0 aliphatic carbocycles. The summed E-state index contributed by atoms with van der Waals surface area (Å²) in [5.41, 5.74) is 7.55. The van der Waals surface area contributed by atoms with Crippen LogP contribution in [-0.4, -0.2) is 15.9 Å². The van der Waals surface area contributed by atoms with E-state index in [1.165, 1.54) is 0 Å². The van der Waals surface area contributed by atoms with Crippen molar-refractivity contribution in [3.63, 3.8) is 0 Å². The molecule has 4 N–H and O–H groups in total. The molecule has 0 aliphatic heterocycles. The van der Waals surface area contributed by atoms with E-state index in [1.807, 2.05) is 24.3 Å². The van der Waals surface area contributed by atoms with Gasteiger partial charge in [0.25, 0.3) is 0 Å². The summed E-state index contributed by atoms with van der Waals surface area (Å²) in [5.74, 6) is 0.730. The zero-order valence-corrected chi connectivity index (χ0v) is 10.0. The van der Waals surface area contributed by atoms with Crippen LogP contribution in [0.2, 0.25) is 0 Å². The van der Waals surface area contributed by atoms with Gasteiger partial charge in [-0.2, -0.15) is 0 Å². The molecule has 0 spiro atoms. The van der Waals surface area contributed by atoms with E-state index in [4.69, 9.17) is 5.73 Å². The second kappa shape index (κ2) is 5.97. The van der Waals surface area contributed by atoms with Gasteiger partial charge in [-0.3, -0.25) is 4.79 Å². The minimum atomic E-state index is -0.0214. The summed E-state index contributed by atoms with van der Waals surface area (Å²) >= 11 is 0. The monoisotopic (exact) mass is 244 g/mol. The number of H-pyrrole nitrogens is 1. The van der Waals surface area contributed by atoms with Crippen LogP contribution in [0.25, 0.3) is 0 Å². The minimum absolute atomic E-state index is 0.0214. The van der Waals surface area contributed by atoms with E-state index in [1.54, 1.807) is 12.4 Å². The third-order valence-corrected chi connectivity index (χ3v) is 2.63. The zero-order valence-electron chi connectivity index (χ0n) is 10.0. The molecule has 2 aromatic rings. The maximum absolute atomic E-state index is 11.7. The van der Waals surface area contributed by atoms with Crippen LogP contribution in [0.4, 0.5) is 0 Å². The molecule has 2 rings (SSSR count). The van der Waals surface area contributed by atoms with Gasteiger partial charge in [0.15, 0.2) is 0 Å². The number of aromatic amines is 1. The molecule has 1 aromatic heterocycles. The fourth-order valence-corrected chi connectivity index (χ4v) is 1.62. The van der Waals surface area contributed by atoms with Gasteiger partial charge >= 0.3 is 0 Å². The van der Waals surface area contributed by atoms with Crippen molar-refractivity contribution >= 4 is 5.91 Å². The smallest absolute Gasteiger partial charge is 0.224 e. The van der Waals surface area contributed by atoms with Gasteiger partial charge in [0.05, 0.1) is 13.0 Å². The van der Waals surface area contributed by atoms with Crippen LogP contribution in [0, 0.1) is 0 Å². The van der Waals surface area contributed by atoms with Gasteiger partial charge in [-0.05, 0) is 11.1 Å². The number of nitrogens with zero attached hydrogens (tertiary/aromatic N) is 1. The Morgan fingerprint density at radius 2 is 2.00 bits per heavy atom. The largest absolute Gasteiger partial charge is 0.349 e. The van der Waals surface area contributed by atoms with Crippen molar-refractivity contribution in [2.75, 3.05) is 0 Å². The van der Waals surface area contributed by atoms with Crippen molar-refractivity contribution in [1.29, 1.82) is 0 Å². The molecule has 0 unspecified atom stereocenters. The van der Waals surface area contributed by atoms with E-state index in [-0.39, 0.29) is 5.91 Å². The number of imidazole rings is 1. The number of benzene rings is 1. The number of rotatable bonds is 5. The lowest BCUT2D eigenvalue weighted by Gasteiger charge is -2.04. The van der Waals surface area contributed by atoms with Crippen LogP contribution < -0.4 is 11.1 Å². The zero-order chi connectivity index (χ0) is 12.8. The minimum Gasteiger partial charge on any atom is -0.349 e. The maximum atomic E-state index is 11.7. The second-order valence-electron chi connectivity index (χ2n) is 4.01. The number of nitrogens with two attached hydrogens (primary N) is 1. The van der Waals surface area contributed by atoms with Gasteiger partial charge < -0.3 is 16.0 Å². The van der Waals surface area contributed by atoms with Crippen molar-refractivity contribution in [3.8, 4) is 0 Å². The van der Waals surface area contributed by atoms with Crippen LogP contribution in [0.3, 0.4) is 0 Å². The van der Waals surface area contributed by atoms with Crippen molar-refractivity contribution in [2.24, 2.45) is 5.73 Å². The fourth-order valence-electron chi connectivity index (χ4n) is 1.62. The average Bonchev–Trinajstić information content (AvgIpc) is 2.90. The highest BCUT2D eigenvalue weighted by molar-refractivity contribution is 5.78. The summed E-state index contributed by atoms with van der Waals surface area (Å²) in [6.45, 7) is 0.942. The molecule has 1 aromatic carbocycles. The summed E-state index contributed by atoms with van der Waals surface area (Å²) < 4.78 is 0. The molecular formula is C13H16N4O. The lowest BCUT2D eigenvalue weighted by molar-refractivity contribution is -0.120. The standard InChI is InChI=1S/C13H16N4O/c14-8-11-3-1-10(2-4-11)7-13(18)17-9-12-15-5-6-16-12/h1-6H,7-9,14H2,(H,15,16)(H,17,18). The van der Waals surface area contributed by atoms with Gasteiger partial charge in [-0.15, -0.1) is 0 Å². The highest BCUT2D eigenvalue weighted by atomic mass is 16.1. The molecule has 1 heterocycles. The Labute approximate surface area is 105 Å². The molecule has 0 atom stereocenters. The molecule has 0 bridgehead atoms. The van der Waals surface area contributed by atoms with E-state index in [0.717, 1.165) is 17.0 Å². The molecule has 0 aliphatic rings. The van der Waals surface area contributed by atoms with Gasteiger partial charge in [0.1, 0.15) is 5.82 Å². The quantitative estimate of drug-likeness (QED) is 0.725. The number of hydrogen-bond acceptors (Lipinski definition) is 3. The van der Waals surface area contributed by atoms with E-state index >= 15 is 0 Å². The van der Waals surface area contributed by atoms with Crippen LogP contribution in [0.15, 0.2) is 36.7 Å². The lowest BCUT2D eigenvalue weighted by Crippen LogP contribution is -2.25. The number of hydrogen-bond donors (Lipinski definition) is 3. The summed E-state index contributed by atoms with van der Waals surface area (Å²) in [6, 6.07) is 7.73. The highest BCUT2D eigenvalue weighted by Gasteiger charge is 2.04. The Kier molecular flexibility index (Phi) is 4.09. The summed E-state index contributed by atoms with van der Waals surface area (Å²) in [4.78, 5) is 18.7. The predicted octanol–water partition coefficient (Wildman–Crippen LogP) is 0.727. The first kappa shape index (κ1) is 12.3. The molecule has 5 heteroatoms. The normalized spacial score (nSPS) is 10.3. The highest BCUT2D eigenvalue weighted by Crippen LogP contribution is 2.04. The Morgan fingerprint density at radius 3 is 2.61 bits per heavy atom. The van der Waals surface area contributed by atoms with Crippen LogP contribution >= 0.6 is 0 Å². The van der Waals surface area contributed by atoms with E-state index < -0.39 is 0 Å². The number of nitrogens with one attached hydrogen (secondary N) is 2. The number of amides is 1. The summed E-state index contributed by atoms with van der Waals surface area (Å²) in [5, 5.41) is 2.80. The molecule has 1 amide bonds. The Morgan fingerprint density at radius 1 is 1.28 bits per heavy atom. The van der Waals surface area contributed by atoms with Crippen LogP contribution in [0.5, 0.6) is 0 Å². The van der Waals surface area contributed by atoms with E-state index in [9.17, 15) is 4.79 Å². The van der Waals surface area contributed by atoms with Crippen molar-refractivity contribution in [2.45, 2.75) is 19.5 Å². The second-order valence-corrected chi connectivity index (χ2v) is 4.01. The topological polar surface area (TPSA) is 83.8 Å². The summed E-state index contributed by atoms with van der Waals surface area (Å²) in [7, 11) is 0. The molecule has 5 nitrogen and oxygen atoms in total. The van der Waals surface area contributed by atoms with Gasteiger partial charge in [0, 0.05) is 18.9 Å². The van der Waals surface area contributed by atoms with Crippen LogP contribution in [0.1, 0.15) is 17.0 Å². The van der Waals surface area contributed by atoms with Gasteiger partial charge in [-0.1, -0.05) is 24.3 Å². The third kappa shape index (κ3) is 3.43. The first-order chi connectivity index (χ1) is 8.78. The van der Waals surface area contributed by atoms with Crippen molar-refractivity contribution < 1.29 is 4.79 Å². The molecule has 18 heavy (non-hydrogen) atoms. The molecule has 0 saturated carbocycles. The predicted molar refractivity (Wildman–Crippen MR) is 68.5 cm³/mol. The maximum Gasteiger partial charge on any atom is 0.224 e. The first-order valence-corrected chi connectivity index (χ1v) is 5.81. The fraction of sp³-hybridized carbons (Fsp3) is 0.231. The molecule has 94 valence electrons. The molecule has 0 saturated heterocycles. The Balaban J connectivity index is 1.83. The molecular weight excluding hydrogens is 228 g/mol. The van der Waals surface area contributed by atoms with Crippen molar-refractivity contribution in [1.82, 2.24) is 15.3 Å². The average molecular weight is 244 g/mol. The Bertz CT molecular complexity index is 490.